The summed E-state index contributed by atoms with van der Waals surface area (Å²) in [6.45, 7) is 17.9. The molecule has 11 heteroatoms. The second-order valence-electron chi connectivity index (χ2n) is 14.3. The maximum atomic E-state index is 13.1. The van der Waals surface area contributed by atoms with Gasteiger partial charge in [-0.2, -0.15) is 9.97 Å². The molecular formula is C36H43ClN6O4. The molecule has 2 aromatic carbocycles. The molecule has 3 fully saturated rings. The van der Waals surface area contributed by atoms with Gasteiger partial charge in [-0.3, -0.25) is 9.80 Å². The lowest BCUT2D eigenvalue weighted by atomic mass is 9.94. The SMILES string of the molecule is [C-]#[N+]C[C@H]1CN(c2nc(OCC34CCCN3CCC4)nc3c2COC(c2cccc4cccc(Cl)c24)C3)CCN1C(=O)OC(C)(C)C. The lowest BCUT2D eigenvalue weighted by molar-refractivity contribution is 0.0151. The Morgan fingerprint density at radius 1 is 1.11 bits per heavy atom. The van der Waals surface area contributed by atoms with Crippen LogP contribution < -0.4 is 9.64 Å². The summed E-state index contributed by atoms with van der Waals surface area (Å²) in [5, 5.41) is 2.77. The first kappa shape index (κ1) is 31.9. The van der Waals surface area contributed by atoms with Crippen molar-refractivity contribution in [2.24, 2.45) is 0 Å². The van der Waals surface area contributed by atoms with Gasteiger partial charge in [0.15, 0.2) is 0 Å². The van der Waals surface area contributed by atoms with Crippen LogP contribution >= 0.6 is 11.6 Å². The lowest BCUT2D eigenvalue weighted by Gasteiger charge is -2.41. The highest BCUT2D eigenvalue weighted by Crippen LogP contribution is 2.41. The van der Waals surface area contributed by atoms with E-state index in [1.165, 1.54) is 12.8 Å². The summed E-state index contributed by atoms with van der Waals surface area (Å²) in [7, 11) is 0. The van der Waals surface area contributed by atoms with Crippen LogP contribution in [0.3, 0.4) is 0 Å². The van der Waals surface area contributed by atoms with Gasteiger partial charge >= 0.3 is 12.1 Å². The van der Waals surface area contributed by atoms with Gasteiger partial charge in [0.2, 0.25) is 6.54 Å². The summed E-state index contributed by atoms with van der Waals surface area (Å²) >= 11 is 6.72. The molecule has 0 saturated carbocycles. The average molecular weight is 659 g/mol. The van der Waals surface area contributed by atoms with E-state index in [0.29, 0.717) is 50.3 Å². The van der Waals surface area contributed by atoms with Crippen LogP contribution in [0, 0.1) is 6.57 Å². The summed E-state index contributed by atoms with van der Waals surface area (Å²) in [6.07, 6.45) is 4.57. The molecule has 3 saturated heterocycles. The molecule has 0 N–H and O–H groups in total. The number of anilines is 1. The summed E-state index contributed by atoms with van der Waals surface area (Å²) in [4.78, 5) is 33.3. The number of ether oxygens (including phenoxy) is 3. The molecule has 0 aliphatic carbocycles. The highest BCUT2D eigenvalue weighted by atomic mass is 35.5. The van der Waals surface area contributed by atoms with Crippen molar-refractivity contribution >= 4 is 34.3 Å². The number of amides is 1. The molecule has 7 rings (SSSR count). The number of halogens is 1. The Morgan fingerprint density at radius 2 is 1.87 bits per heavy atom. The van der Waals surface area contributed by atoms with Gasteiger partial charge < -0.3 is 24.0 Å². The van der Waals surface area contributed by atoms with Crippen LogP contribution in [0.25, 0.3) is 15.6 Å². The van der Waals surface area contributed by atoms with Gasteiger partial charge in [0.25, 0.3) is 0 Å². The predicted molar refractivity (Wildman–Crippen MR) is 181 cm³/mol. The summed E-state index contributed by atoms with van der Waals surface area (Å²) < 4.78 is 18.8. The van der Waals surface area contributed by atoms with Gasteiger partial charge in [0.1, 0.15) is 24.1 Å². The van der Waals surface area contributed by atoms with E-state index in [9.17, 15) is 4.79 Å². The minimum Gasteiger partial charge on any atom is -0.461 e. The Kier molecular flexibility index (Phi) is 8.66. The zero-order valence-electron chi connectivity index (χ0n) is 27.5. The predicted octanol–water partition coefficient (Wildman–Crippen LogP) is 6.45. The fourth-order valence-electron chi connectivity index (χ4n) is 7.88. The van der Waals surface area contributed by atoms with Gasteiger partial charge in [0.05, 0.1) is 23.9 Å². The second kappa shape index (κ2) is 12.8. The van der Waals surface area contributed by atoms with Crippen molar-refractivity contribution < 1.29 is 19.0 Å². The van der Waals surface area contributed by atoms with E-state index in [4.69, 9.17) is 42.4 Å². The third-order valence-corrected chi connectivity index (χ3v) is 10.4. The van der Waals surface area contributed by atoms with Crippen molar-refractivity contribution in [2.75, 3.05) is 50.8 Å². The Morgan fingerprint density at radius 3 is 2.62 bits per heavy atom. The Labute approximate surface area is 281 Å². The highest BCUT2D eigenvalue weighted by Gasteiger charge is 2.45. The molecule has 47 heavy (non-hydrogen) atoms. The number of fused-ring (bicyclic) bond motifs is 3. The van der Waals surface area contributed by atoms with E-state index >= 15 is 0 Å². The van der Waals surface area contributed by atoms with Gasteiger partial charge in [-0.15, -0.1) is 0 Å². The Bertz CT molecular complexity index is 1690. The molecule has 2 atom stereocenters. The number of carbonyl (C=O) groups excluding carboxylic acids is 1. The molecule has 0 radical (unpaired) electrons. The topological polar surface area (TPSA) is 84.6 Å². The normalized spacial score (nSPS) is 22.5. The fraction of sp³-hybridized carbons (Fsp3) is 0.556. The number of hydrogen-bond donors (Lipinski definition) is 0. The molecule has 0 bridgehead atoms. The number of aromatic nitrogens is 2. The number of carbonyl (C=O) groups is 1. The first-order chi connectivity index (χ1) is 22.6. The molecule has 10 nitrogen and oxygen atoms in total. The molecule has 3 aromatic rings. The van der Waals surface area contributed by atoms with Gasteiger partial charge in [-0.25, -0.2) is 11.4 Å². The lowest BCUT2D eigenvalue weighted by Crippen LogP contribution is -2.57. The van der Waals surface area contributed by atoms with Crippen LogP contribution in [0.1, 0.15) is 69.4 Å². The fourth-order valence-corrected chi connectivity index (χ4v) is 8.17. The molecule has 0 spiro atoms. The zero-order chi connectivity index (χ0) is 32.8. The molecule has 4 aliphatic rings. The molecular weight excluding hydrogens is 616 g/mol. The van der Waals surface area contributed by atoms with Gasteiger partial charge in [0, 0.05) is 42.0 Å². The van der Waals surface area contributed by atoms with E-state index in [1.807, 2.05) is 39.0 Å². The monoisotopic (exact) mass is 658 g/mol. The van der Waals surface area contributed by atoms with Crippen LogP contribution in [0.2, 0.25) is 5.02 Å². The van der Waals surface area contributed by atoms with E-state index in [-0.39, 0.29) is 24.2 Å². The van der Waals surface area contributed by atoms with Crippen LogP contribution in [-0.4, -0.2) is 88.9 Å². The van der Waals surface area contributed by atoms with Crippen molar-refractivity contribution in [2.45, 2.75) is 82.8 Å². The van der Waals surface area contributed by atoms with Gasteiger partial charge in [-0.1, -0.05) is 41.9 Å². The summed E-state index contributed by atoms with van der Waals surface area (Å²) in [6, 6.07) is 12.2. The van der Waals surface area contributed by atoms with Crippen molar-refractivity contribution in [1.82, 2.24) is 19.8 Å². The van der Waals surface area contributed by atoms with Crippen molar-refractivity contribution in [3.63, 3.8) is 0 Å². The van der Waals surface area contributed by atoms with E-state index in [2.05, 4.69) is 32.8 Å². The summed E-state index contributed by atoms with van der Waals surface area (Å²) in [5.74, 6) is 0.755. The van der Waals surface area contributed by atoms with E-state index in [1.54, 1.807) is 4.90 Å². The molecule has 1 unspecified atom stereocenters. The molecule has 5 heterocycles. The van der Waals surface area contributed by atoms with Crippen LogP contribution in [-0.2, 0) is 22.5 Å². The minimum atomic E-state index is -0.620. The number of piperazine rings is 1. The zero-order valence-corrected chi connectivity index (χ0v) is 28.3. The first-order valence-corrected chi connectivity index (χ1v) is 17.2. The van der Waals surface area contributed by atoms with Crippen LogP contribution in [0.15, 0.2) is 36.4 Å². The Balaban J connectivity index is 1.21. The maximum Gasteiger partial charge on any atom is 0.410 e. The third-order valence-electron chi connectivity index (χ3n) is 10.1. The third kappa shape index (κ3) is 6.33. The first-order valence-electron chi connectivity index (χ1n) is 16.8. The maximum absolute atomic E-state index is 13.1. The largest absolute Gasteiger partial charge is 0.461 e. The van der Waals surface area contributed by atoms with E-state index < -0.39 is 11.7 Å². The van der Waals surface area contributed by atoms with Crippen LogP contribution in [0.4, 0.5) is 10.6 Å². The number of benzene rings is 2. The molecule has 1 amide bonds. The van der Waals surface area contributed by atoms with Crippen LogP contribution in [0.5, 0.6) is 6.01 Å². The minimum absolute atomic E-state index is 0.0601. The molecule has 248 valence electrons. The number of rotatable bonds is 6. The Hall–Kier alpha value is -3.65. The molecule has 4 aliphatic heterocycles. The van der Waals surface area contributed by atoms with Crippen molar-refractivity contribution in [3.8, 4) is 6.01 Å². The number of hydrogen-bond acceptors (Lipinski definition) is 8. The quantitative estimate of drug-likeness (QED) is 0.280. The smallest absolute Gasteiger partial charge is 0.410 e. The number of nitrogens with zero attached hydrogens (tertiary/aromatic N) is 6. The van der Waals surface area contributed by atoms with Gasteiger partial charge in [-0.05, 0) is 76.6 Å². The van der Waals surface area contributed by atoms with E-state index in [0.717, 1.165) is 59.3 Å². The summed E-state index contributed by atoms with van der Waals surface area (Å²) in [5.41, 5.74) is 2.30. The second-order valence-corrected chi connectivity index (χ2v) is 14.7. The standard InChI is InChI=1S/C36H43ClN6O4/c1-35(2,3)47-34(44)43-18-17-41(21-25(43)20-38-4)32-27-22-45-30(26-11-5-9-24-10-6-12-28(37)31(24)26)19-29(27)39-33(40-32)46-23-36-13-7-15-42(36)16-8-14-36/h5-6,9-12,25,30H,7-8,13-23H2,1-3H3/t25-,30?/m0/s1. The highest BCUT2D eigenvalue weighted by molar-refractivity contribution is 6.35. The molecule has 1 aromatic heterocycles. The van der Waals surface area contributed by atoms with Crippen molar-refractivity contribution in [3.05, 3.63) is 69.7 Å². The average Bonchev–Trinajstić information content (AvgIpc) is 3.63. The van der Waals surface area contributed by atoms with Crippen molar-refractivity contribution in [1.29, 1.82) is 0 Å².